The number of ether oxygens (including phenoxy) is 1. The van der Waals surface area contributed by atoms with Gasteiger partial charge in [-0.25, -0.2) is 0 Å². The van der Waals surface area contributed by atoms with Crippen molar-refractivity contribution >= 4 is 0 Å². The van der Waals surface area contributed by atoms with Gasteiger partial charge in [0.1, 0.15) is 0 Å². The highest BCUT2D eigenvalue weighted by atomic mass is 19.4. The summed E-state index contributed by atoms with van der Waals surface area (Å²) in [6, 6.07) is 5.55. The lowest BCUT2D eigenvalue weighted by molar-refractivity contribution is -0.137. The molecule has 0 spiro atoms. The maximum Gasteiger partial charge on any atom is 0.416 e. The SMILES string of the molecule is C[C@@H]1CO[C@@H](c2cccc(C(F)(F)F)c2)CN1. The fourth-order valence-electron chi connectivity index (χ4n) is 1.82. The minimum Gasteiger partial charge on any atom is -0.371 e. The molecule has 2 rings (SSSR count). The van der Waals surface area contributed by atoms with Crippen molar-refractivity contribution in [2.75, 3.05) is 13.2 Å². The van der Waals surface area contributed by atoms with Crippen LogP contribution in [-0.4, -0.2) is 19.2 Å². The van der Waals surface area contributed by atoms with Crippen molar-refractivity contribution < 1.29 is 17.9 Å². The Labute approximate surface area is 97.8 Å². The summed E-state index contributed by atoms with van der Waals surface area (Å²) in [5.74, 6) is 0. The Hall–Kier alpha value is -1.07. The van der Waals surface area contributed by atoms with Crippen LogP contribution in [0.1, 0.15) is 24.2 Å². The lowest BCUT2D eigenvalue weighted by atomic mass is 10.0. The van der Waals surface area contributed by atoms with E-state index in [9.17, 15) is 13.2 Å². The maximum atomic E-state index is 12.5. The standard InChI is InChI=1S/C12H14F3NO/c1-8-7-17-11(6-16-8)9-3-2-4-10(5-9)12(13,14)15/h2-5,8,11,16H,6-7H2,1H3/t8-,11-/m1/s1. The van der Waals surface area contributed by atoms with E-state index in [4.69, 9.17) is 4.74 Å². The van der Waals surface area contributed by atoms with E-state index in [2.05, 4.69) is 5.32 Å². The highest BCUT2D eigenvalue weighted by molar-refractivity contribution is 5.27. The average molecular weight is 245 g/mol. The Morgan fingerprint density at radius 2 is 2.12 bits per heavy atom. The van der Waals surface area contributed by atoms with Crippen molar-refractivity contribution in [1.82, 2.24) is 5.32 Å². The summed E-state index contributed by atoms with van der Waals surface area (Å²) in [4.78, 5) is 0. The first-order chi connectivity index (χ1) is 7.97. The van der Waals surface area contributed by atoms with E-state index in [1.165, 1.54) is 6.07 Å². The molecule has 1 aliphatic heterocycles. The monoisotopic (exact) mass is 245 g/mol. The molecule has 0 unspecified atom stereocenters. The summed E-state index contributed by atoms with van der Waals surface area (Å²) in [6.07, 6.45) is -4.60. The van der Waals surface area contributed by atoms with Crippen LogP contribution in [0.25, 0.3) is 0 Å². The van der Waals surface area contributed by atoms with Crippen LogP contribution >= 0.6 is 0 Å². The number of rotatable bonds is 1. The van der Waals surface area contributed by atoms with Gasteiger partial charge in [-0.1, -0.05) is 12.1 Å². The molecule has 1 fully saturated rings. The van der Waals surface area contributed by atoms with Crippen molar-refractivity contribution in [2.24, 2.45) is 0 Å². The molecule has 2 nitrogen and oxygen atoms in total. The maximum absolute atomic E-state index is 12.5. The molecule has 0 saturated carbocycles. The Kier molecular flexibility index (Phi) is 3.40. The molecule has 0 amide bonds. The lowest BCUT2D eigenvalue weighted by Gasteiger charge is -2.28. The normalized spacial score (nSPS) is 25.9. The highest BCUT2D eigenvalue weighted by Gasteiger charge is 2.31. The van der Waals surface area contributed by atoms with Crippen LogP contribution in [0.4, 0.5) is 13.2 Å². The van der Waals surface area contributed by atoms with Gasteiger partial charge in [-0.05, 0) is 24.6 Å². The number of morpholine rings is 1. The first-order valence-electron chi connectivity index (χ1n) is 5.49. The Balaban J connectivity index is 2.16. The third-order valence-corrected chi connectivity index (χ3v) is 2.78. The van der Waals surface area contributed by atoms with Crippen LogP contribution in [0.3, 0.4) is 0 Å². The van der Waals surface area contributed by atoms with Gasteiger partial charge in [0.25, 0.3) is 0 Å². The highest BCUT2D eigenvalue weighted by Crippen LogP contribution is 2.31. The van der Waals surface area contributed by atoms with Gasteiger partial charge < -0.3 is 10.1 Å². The van der Waals surface area contributed by atoms with E-state index < -0.39 is 11.7 Å². The average Bonchev–Trinajstić information content (AvgIpc) is 2.29. The predicted octanol–water partition coefficient (Wildman–Crippen LogP) is 2.75. The quantitative estimate of drug-likeness (QED) is 0.821. The van der Waals surface area contributed by atoms with Gasteiger partial charge in [-0.2, -0.15) is 13.2 Å². The van der Waals surface area contributed by atoms with Crippen molar-refractivity contribution in [3.05, 3.63) is 35.4 Å². The van der Waals surface area contributed by atoms with E-state index in [0.29, 0.717) is 18.7 Å². The number of hydrogen-bond acceptors (Lipinski definition) is 2. The minimum atomic E-state index is -4.30. The second-order valence-electron chi connectivity index (χ2n) is 4.25. The fraction of sp³-hybridized carbons (Fsp3) is 0.500. The second kappa shape index (κ2) is 4.66. The molecular formula is C12H14F3NO. The predicted molar refractivity (Wildman–Crippen MR) is 57.6 cm³/mol. The Morgan fingerprint density at radius 1 is 1.35 bits per heavy atom. The van der Waals surface area contributed by atoms with Gasteiger partial charge in [0.15, 0.2) is 0 Å². The number of hydrogen-bond donors (Lipinski definition) is 1. The summed E-state index contributed by atoms with van der Waals surface area (Å²) in [7, 11) is 0. The largest absolute Gasteiger partial charge is 0.416 e. The first-order valence-corrected chi connectivity index (χ1v) is 5.49. The fourth-order valence-corrected chi connectivity index (χ4v) is 1.82. The molecule has 1 N–H and O–H groups in total. The van der Waals surface area contributed by atoms with E-state index in [1.54, 1.807) is 6.07 Å². The van der Waals surface area contributed by atoms with Crippen molar-refractivity contribution in [2.45, 2.75) is 25.2 Å². The molecule has 0 radical (unpaired) electrons. The number of alkyl halides is 3. The summed E-state index contributed by atoms with van der Waals surface area (Å²) in [5.41, 5.74) is -0.0588. The van der Waals surface area contributed by atoms with Crippen LogP contribution in [0, 0.1) is 0 Å². The van der Waals surface area contributed by atoms with Crippen molar-refractivity contribution in [1.29, 1.82) is 0 Å². The van der Waals surface area contributed by atoms with Gasteiger partial charge in [-0.3, -0.25) is 0 Å². The van der Waals surface area contributed by atoms with E-state index in [-0.39, 0.29) is 12.1 Å². The van der Waals surface area contributed by atoms with Gasteiger partial charge in [0, 0.05) is 12.6 Å². The molecule has 1 aliphatic rings. The minimum absolute atomic E-state index is 0.247. The van der Waals surface area contributed by atoms with E-state index in [0.717, 1.165) is 12.1 Å². The summed E-state index contributed by atoms with van der Waals surface area (Å²) in [5, 5.41) is 3.18. The van der Waals surface area contributed by atoms with Crippen molar-refractivity contribution in [3.63, 3.8) is 0 Å². The summed E-state index contributed by atoms with van der Waals surface area (Å²) in [6.45, 7) is 3.03. The molecule has 0 bridgehead atoms. The van der Waals surface area contributed by atoms with Crippen LogP contribution in [0.2, 0.25) is 0 Å². The van der Waals surface area contributed by atoms with E-state index >= 15 is 0 Å². The zero-order valence-corrected chi connectivity index (χ0v) is 9.42. The van der Waals surface area contributed by atoms with Gasteiger partial charge in [-0.15, -0.1) is 0 Å². The molecule has 2 atom stereocenters. The van der Waals surface area contributed by atoms with Crippen LogP contribution < -0.4 is 5.32 Å². The van der Waals surface area contributed by atoms with Gasteiger partial charge in [0.05, 0.1) is 18.3 Å². The Bertz CT molecular complexity index is 384. The van der Waals surface area contributed by atoms with Crippen LogP contribution in [-0.2, 0) is 10.9 Å². The number of halogens is 3. The molecule has 17 heavy (non-hydrogen) atoms. The molecule has 0 aliphatic carbocycles. The topological polar surface area (TPSA) is 21.3 Å². The molecule has 0 aromatic heterocycles. The third-order valence-electron chi connectivity index (χ3n) is 2.78. The van der Waals surface area contributed by atoms with Crippen LogP contribution in [0.5, 0.6) is 0 Å². The first kappa shape index (κ1) is 12.4. The molecule has 1 aromatic rings. The number of nitrogens with one attached hydrogen (secondary N) is 1. The van der Waals surface area contributed by atoms with Crippen molar-refractivity contribution in [3.8, 4) is 0 Å². The molecule has 94 valence electrons. The molecule has 1 saturated heterocycles. The molecule has 5 heteroatoms. The zero-order valence-electron chi connectivity index (χ0n) is 9.42. The zero-order chi connectivity index (χ0) is 12.5. The third kappa shape index (κ3) is 2.98. The lowest BCUT2D eigenvalue weighted by Crippen LogP contribution is -2.40. The van der Waals surface area contributed by atoms with Crippen LogP contribution in [0.15, 0.2) is 24.3 Å². The second-order valence-corrected chi connectivity index (χ2v) is 4.25. The number of benzene rings is 1. The summed E-state index contributed by atoms with van der Waals surface area (Å²) >= 11 is 0. The molecular weight excluding hydrogens is 231 g/mol. The van der Waals surface area contributed by atoms with Gasteiger partial charge >= 0.3 is 6.18 Å². The molecule has 1 heterocycles. The smallest absolute Gasteiger partial charge is 0.371 e. The molecule has 1 aromatic carbocycles. The summed E-state index contributed by atoms with van der Waals surface area (Å²) < 4.78 is 43.1. The van der Waals surface area contributed by atoms with E-state index in [1.807, 2.05) is 6.92 Å². The Morgan fingerprint density at radius 3 is 2.71 bits per heavy atom. The van der Waals surface area contributed by atoms with Gasteiger partial charge in [0.2, 0.25) is 0 Å².